The predicted molar refractivity (Wildman–Crippen MR) is 159 cm³/mol. The van der Waals surface area contributed by atoms with Crippen molar-refractivity contribution in [1.29, 1.82) is 0 Å². The monoisotopic (exact) mass is 547 g/mol. The van der Waals surface area contributed by atoms with Gasteiger partial charge in [-0.2, -0.15) is 0 Å². The summed E-state index contributed by atoms with van der Waals surface area (Å²) in [6.07, 6.45) is 6.73. The highest BCUT2D eigenvalue weighted by molar-refractivity contribution is 6.29. The van der Waals surface area contributed by atoms with E-state index in [-0.39, 0.29) is 0 Å². The molecule has 206 valence electrons. The number of carbonyl (C=O) groups excluding carboxylic acids is 4. The van der Waals surface area contributed by atoms with Gasteiger partial charge in [0.2, 0.25) is 0 Å². The van der Waals surface area contributed by atoms with Gasteiger partial charge in [-0.25, -0.2) is 9.80 Å². The van der Waals surface area contributed by atoms with Gasteiger partial charge in [0.25, 0.3) is 23.6 Å². The maximum atomic E-state index is 12.7. The first-order valence-corrected chi connectivity index (χ1v) is 13.1. The van der Waals surface area contributed by atoms with Crippen LogP contribution in [0.2, 0.25) is 0 Å². The molecular weight excluding hydrogens is 518 g/mol. The molecule has 5 rings (SSSR count). The van der Waals surface area contributed by atoms with E-state index in [0.29, 0.717) is 46.2 Å². The van der Waals surface area contributed by atoms with Crippen LogP contribution >= 0.6 is 0 Å². The van der Waals surface area contributed by atoms with E-state index < -0.39 is 23.6 Å². The van der Waals surface area contributed by atoms with Crippen LogP contribution in [0.1, 0.15) is 22.3 Å². The molecule has 0 spiro atoms. The fourth-order valence-corrected chi connectivity index (χ4v) is 5.32. The molecule has 3 aromatic carbocycles. The summed E-state index contributed by atoms with van der Waals surface area (Å²) in [5.74, 6) is -0.946. The van der Waals surface area contributed by atoms with Crippen LogP contribution in [-0.4, -0.2) is 30.2 Å². The van der Waals surface area contributed by atoms with Gasteiger partial charge in [0.1, 0.15) is 12.4 Å². The number of nitrogens with zero attached hydrogens (tertiary/aromatic N) is 3. The Balaban J connectivity index is 1.73. The van der Waals surface area contributed by atoms with Crippen molar-refractivity contribution < 1.29 is 23.9 Å². The summed E-state index contributed by atoms with van der Waals surface area (Å²) in [7, 11) is 0. The van der Waals surface area contributed by atoms with Crippen molar-refractivity contribution in [3.8, 4) is 5.75 Å². The topological polar surface area (TPSA) is 87.2 Å². The average molecular weight is 548 g/mol. The molecule has 0 atom stereocenters. The molecule has 4 amide bonds. The Morgan fingerprint density at radius 1 is 0.659 bits per heavy atom. The lowest BCUT2D eigenvalue weighted by molar-refractivity contribution is -0.121. The Morgan fingerprint density at radius 2 is 1.07 bits per heavy atom. The van der Waals surface area contributed by atoms with Gasteiger partial charge in [0, 0.05) is 30.0 Å². The van der Waals surface area contributed by atoms with Crippen molar-refractivity contribution in [1.82, 2.24) is 0 Å². The summed E-state index contributed by atoms with van der Waals surface area (Å²) in [6, 6.07) is 15.1. The molecule has 0 fully saturated rings. The zero-order chi connectivity index (χ0) is 29.4. The number of ether oxygens (including phenoxy) is 1. The number of anilines is 5. The molecule has 41 heavy (non-hydrogen) atoms. The minimum absolute atomic E-state index is 0.363. The number of benzene rings is 3. The SMILES string of the molecule is C=CCOc1ccc(N(c2ccc(C)c(N3C(=O)C=CC3=O)c2C)c2ccc(C)c(N3C(=O)C=CC3=O)c2C)cc1. The van der Waals surface area contributed by atoms with E-state index in [2.05, 4.69) is 6.58 Å². The standard InChI is InChI=1S/C33H29N3O5/c1-6-19-41-25-11-9-24(10-12-25)34(26-13-7-20(2)32(22(26)4)35-28(37)15-16-29(35)38)27-14-8-21(3)33(23(27)5)36-30(39)17-18-31(36)40/h6-18H,1,19H2,2-5H3. The van der Waals surface area contributed by atoms with Crippen LogP contribution in [0.4, 0.5) is 28.4 Å². The first-order valence-electron chi connectivity index (χ1n) is 13.1. The maximum Gasteiger partial charge on any atom is 0.258 e. The van der Waals surface area contributed by atoms with Crippen LogP contribution in [0.3, 0.4) is 0 Å². The van der Waals surface area contributed by atoms with E-state index >= 15 is 0 Å². The molecule has 2 aliphatic heterocycles. The van der Waals surface area contributed by atoms with Gasteiger partial charge < -0.3 is 9.64 Å². The van der Waals surface area contributed by atoms with Crippen LogP contribution in [0.15, 0.2) is 85.5 Å². The number of rotatable bonds is 8. The van der Waals surface area contributed by atoms with Crippen LogP contribution in [0, 0.1) is 27.7 Å². The van der Waals surface area contributed by atoms with Crippen LogP contribution < -0.4 is 19.4 Å². The van der Waals surface area contributed by atoms with Crippen molar-refractivity contribution in [2.45, 2.75) is 27.7 Å². The molecule has 2 aliphatic rings. The van der Waals surface area contributed by atoms with Crippen molar-refractivity contribution in [2.75, 3.05) is 21.3 Å². The first kappa shape index (κ1) is 27.3. The Bertz CT molecular complexity index is 1550. The molecule has 0 unspecified atom stereocenters. The van der Waals surface area contributed by atoms with Gasteiger partial charge in [0.05, 0.1) is 22.7 Å². The first-order chi connectivity index (χ1) is 19.6. The zero-order valence-corrected chi connectivity index (χ0v) is 23.3. The summed E-state index contributed by atoms with van der Waals surface area (Å²) < 4.78 is 5.69. The van der Waals surface area contributed by atoms with E-state index in [1.165, 1.54) is 34.1 Å². The Morgan fingerprint density at radius 3 is 1.46 bits per heavy atom. The summed E-state index contributed by atoms with van der Waals surface area (Å²) in [5, 5.41) is 0. The third kappa shape index (κ3) is 4.74. The van der Waals surface area contributed by atoms with Gasteiger partial charge in [-0.1, -0.05) is 24.8 Å². The van der Waals surface area contributed by atoms with Crippen LogP contribution in [0.25, 0.3) is 0 Å². The second-order valence-electron chi connectivity index (χ2n) is 9.87. The third-order valence-corrected chi connectivity index (χ3v) is 7.22. The summed E-state index contributed by atoms with van der Waals surface area (Å²) in [4.78, 5) is 55.1. The highest BCUT2D eigenvalue weighted by Crippen LogP contribution is 2.45. The van der Waals surface area contributed by atoms with E-state index in [0.717, 1.165) is 16.8 Å². The summed E-state index contributed by atoms with van der Waals surface area (Å²) in [5.41, 5.74) is 6.17. The minimum Gasteiger partial charge on any atom is -0.490 e. The lowest BCUT2D eigenvalue weighted by atomic mass is 10.0. The van der Waals surface area contributed by atoms with Crippen molar-refractivity contribution in [3.63, 3.8) is 0 Å². The average Bonchev–Trinajstić information content (AvgIpc) is 3.46. The van der Waals surface area contributed by atoms with Gasteiger partial charge in [-0.3, -0.25) is 19.2 Å². The van der Waals surface area contributed by atoms with Gasteiger partial charge in [-0.05, 0) is 86.3 Å². The quantitative estimate of drug-likeness (QED) is 0.261. The normalized spacial score (nSPS) is 14.4. The fraction of sp³-hybridized carbons (Fsp3) is 0.152. The molecule has 0 N–H and O–H groups in total. The Kier molecular flexibility index (Phi) is 7.15. The van der Waals surface area contributed by atoms with E-state index in [4.69, 9.17) is 4.74 Å². The van der Waals surface area contributed by atoms with E-state index in [9.17, 15) is 19.2 Å². The van der Waals surface area contributed by atoms with Crippen LogP contribution in [0.5, 0.6) is 5.75 Å². The lowest BCUT2D eigenvalue weighted by Gasteiger charge is -2.32. The van der Waals surface area contributed by atoms with Gasteiger partial charge in [-0.15, -0.1) is 0 Å². The highest BCUT2D eigenvalue weighted by atomic mass is 16.5. The summed E-state index contributed by atoms with van der Waals surface area (Å²) in [6.45, 7) is 11.5. The lowest BCUT2D eigenvalue weighted by Crippen LogP contribution is -2.32. The minimum atomic E-state index is -0.402. The molecule has 3 aromatic rings. The zero-order valence-electron chi connectivity index (χ0n) is 23.3. The predicted octanol–water partition coefficient (Wildman–Crippen LogP) is 5.81. The smallest absolute Gasteiger partial charge is 0.258 e. The third-order valence-electron chi connectivity index (χ3n) is 7.22. The molecule has 2 heterocycles. The Hall–Kier alpha value is -5.24. The number of carbonyl (C=O) groups is 4. The number of hydrogen-bond donors (Lipinski definition) is 0. The molecule has 8 nitrogen and oxygen atoms in total. The van der Waals surface area contributed by atoms with Gasteiger partial charge in [0.15, 0.2) is 0 Å². The Labute approximate surface area is 238 Å². The molecule has 0 saturated heterocycles. The van der Waals surface area contributed by atoms with Crippen molar-refractivity contribution in [2.24, 2.45) is 0 Å². The second kappa shape index (κ2) is 10.7. The largest absolute Gasteiger partial charge is 0.490 e. The van der Waals surface area contributed by atoms with Crippen molar-refractivity contribution >= 4 is 52.1 Å². The molecule has 0 saturated carbocycles. The van der Waals surface area contributed by atoms with Gasteiger partial charge >= 0.3 is 0 Å². The van der Waals surface area contributed by atoms with E-state index in [1.54, 1.807) is 6.08 Å². The molecule has 0 bridgehead atoms. The number of imide groups is 2. The molecule has 0 aromatic heterocycles. The molecule has 0 aliphatic carbocycles. The maximum absolute atomic E-state index is 12.7. The van der Waals surface area contributed by atoms with Crippen LogP contribution in [-0.2, 0) is 19.2 Å². The number of aryl methyl sites for hydroxylation is 2. The molecule has 8 heteroatoms. The second-order valence-corrected chi connectivity index (χ2v) is 9.87. The fourth-order valence-electron chi connectivity index (χ4n) is 5.32. The van der Waals surface area contributed by atoms with E-state index in [1.807, 2.05) is 81.1 Å². The molecular formula is C33H29N3O5. The number of hydrogen-bond acceptors (Lipinski definition) is 6. The highest BCUT2D eigenvalue weighted by Gasteiger charge is 2.32. The van der Waals surface area contributed by atoms with Crippen molar-refractivity contribution in [3.05, 3.63) is 108 Å². The summed E-state index contributed by atoms with van der Waals surface area (Å²) >= 11 is 0. The number of amides is 4. The molecule has 0 radical (unpaired) electrons.